The molecule has 0 N–H and O–H groups in total. The van der Waals surface area contributed by atoms with Crippen LogP contribution in [-0.2, 0) is 6.54 Å². The van der Waals surface area contributed by atoms with Crippen molar-refractivity contribution < 1.29 is 19.1 Å². The zero-order valence-electron chi connectivity index (χ0n) is 18.7. The van der Waals surface area contributed by atoms with E-state index in [1.807, 2.05) is 43.3 Å². The molecule has 1 fully saturated rings. The van der Waals surface area contributed by atoms with Gasteiger partial charge in [0.1, 0.15) is 30.4 Å². The van der Waals surface area contributed by atoms with Crippen LogP contribution in [0.2, 0.25) is 5.02 Å². The minimum absolute atomic E-state index is 0.198. The molecular weight excluding hydrogens is 460 g/mol. The van der Waals surface area contributed by atoms with E-state index in [1.165, 1.54) is 6.20 Å². The Labute approximate surface area is 202 Å². The highest BCUT2D eigenvalue weighted by Gasteiger charge is 2.41. The molecule has 0 spiro atoms. The second-order valence-electron chi connectivity index (χ2n) is 8.86. The predicted octanol–water partition coefficient (Wildman–Crippen LogP) is 4.72. The molecule has 0 aliphatic carbocycles. The summed E-state index contributed by atoms with van der Waals surface area (Å²) in [6, 6.07) is 15.8. The Morgan fingerprint density at radius 3 is 2.47 bits per heavy atom. The first-order valence-corrected chi connectivity index (χ1v) is 11.6. The molecule has 0 radical (unpaired) electrons. The minimum atomic E-state index is -0.637. The SMILES string of the molecule is CC1(COc2ccc(N3CCC(Oc4ccc(Cl)cc4)CC3)cc2)Cn2cc([N+](=O)[O-])nc2O1. The molecule has 0 bridgehead atoms. The van der Waals surface area contributed by atoms with E-state index < -0.39 is 10.5 Å². The lowest BCUT2D eigenvalue weighted by Crippen LogP contribution is -2.38. The Hall–Kier alpha value is -3.46. The van der Waals surface area contributed by atoms with Crippen molar-refractivity contribution in [2.45, 2.75) is 38.0 Å². The third kappa shape index (κ3) is 4.89. The summed E-state index contributed by atoms with van der Waals surface area (Å²) in [5, 5.41) is 11.6. The van der Waals surface area contributed by atoms with Crippen LogP contribution in [0.5, 0.6) is 17.5 Å². The fourth-order valence-electron chi connectivity index (χ4n) is 4.28. The molecule has 0 amide bonds. The monoisotopic (exact) mass is 484 g/mol. The maximum atomic E-state index is 10.9. The van der Waals surface area contributed by atoms with Crippen molar-refractivity contribution in [1.82, 2.24) is 9.55 Å². The predicted molar refractivity (Wildman–Crippen MR) is 127 cm³/mol. The number of piperidine rings is 1. The van der Waals surface area contributed by atoms with Gasteiger partial charge in [-0.3, -0.25) is 4.57 Å². The van der Waals surface area contributed by atoms with E-state index in [4.69, 9.17) is 25.8 Å². The maximum Gasteiger partial charge on any atom is 0.415 e. The molecule has 10 heteroatoms. The van der Waals surface area contributed by atoms with E-state index in [2.05, 4.69) is 22.0 Å². The number of fused-ring (bicyclic) bond motifs is 1. The summed E-state index contributed by atoms with van der Waals surface area (Å²) in [6.45, 7) is 4.48. The summed E-state index contributed by atoms with van der Waals surface area (Å²) in [4.78, 5) is 16.6. The number of rotatable bonds is 7. The molecule has 34 heavy (non-hydrogen) atoms. The van der Waals surface area contributed by atoms with Crippen LogP contribution in [0.3, 0.4) is 0 Å². The van der Waals surface area contributed by atoms with Crippen molar-refractivity contribution in [2.75, 3.05) is 24.6 Å². The fourth-order valence-corrected chi connectivity index (χ4v) is 4.41. The van der Waals surface area contributed by atoms with Crippen LogP contribution in [0.25, 0.3) is 0 Å². The summed E-state index contributed by atoms with van der Waals surface area (Å²) >= 11 is 5.94. The van der Waals surface area contributed by atoms with E-state index in [1.54, 1.807) is 4.57 Å². The van der Waals surface area contributed by atoms with Gasteiger partial charge in [0, 0.05) is 41.6 Å². The fraction of sp³-hybridized carbons (Fsp3) is 0.375. The highest BCUT2D eigenvalue weighted by molar-refractivity contribution is 6.30. The molecule has 2 aromatic carbocycles. The quantitative estimate of drug-likeness (QED) is 0.354. The van der Waals surface area contributed by atoms with Crippen LogP contribution in [0.4, 0.5) is 11.5 Å². The summed E-state index contributed by atoms with van der Waals surface area (Å²) in [7, 11) is 0. The van der Waals surface area contributed by atoms with Crippen molar-refractivity contribution in [2.24, 2.45) is 0 Å². The molecule has 1 aromatic heterocycles. The normalized spacial score (nSPS) is 20.0. The third-order valence-electron chi connectivity index (χ3n) is 6.06. The summed E-state index contributed by atoms with van der Waals surface area (Å²) in [6.07, 6.45) is 3.48. The molecule has 3 aromatic rings. The van der Waals surface area contributed by atoms with Crippen molar-refractivity contribution in [3.05, 3.63) is 69.9 Å². The number of benzene rings is 2. The van der Waals surface area contributed by atoms with E-state index in [9.17, 15) is 10.1 Å². The highest BCUT2D eigenvalue weighted by Crippen LogP contribution is 2.32. The van der Waals surface area contributed by atoms with Gasteiger partial charge in [-0.1, -0.05) is 11.6 Å². The Balaban J connectivity index is 1.10. The van der Waals surface area contributed by atoms with Gasteiger partial charge in [0.05, 0.1) is 6.54 Å². The average molecular weight is 485 g/mol. The lowest BCUT2D eigenvalue weighted by molar-refractivity contribution is -0.389. The molecule has 1 saturated heterocycles. The number of nitrogens with zero attached hydrogens (tertiary/aromatic N) is 4. The first-order chi connectivity index (χ1) is 16.4. The second-order valence-corrected chi connectivity index (χ2v) is 9.30. The van der Waals surface area contributed by atoms with Crippen LogP contribution in [0.15, 0.2) is 54.7 Å². The molecule has 0 saturated carbocycles. The van der Waals surface area contributed by atoms with Gasteiger partial charge in [0.2, 0.25) is 0 Å². The van der Waals surface area contributed by atoms with Crippen LogP contribution in [0, 0.1) is 10.1 Å². The van der Waals surface area contributed by atoms with Gasteiger partial charge in [0.25, 0.3) is 0 Å². The smallest absolute Gasteiger partial charge is 0.415 e. The molecule has 1 atom stereocenters. The van der Waals surface area contributed by atoms with E-state index in [0.717, 1.165) is 43.1 Å². The number of hydrogen-bond donors (Lipinski definition) is 0. The lowest BCUT2D eigenvalue weighted by atomic mass is 10.1. The Kier molecular flexibility index (Phi) is 5.95. The summed E-state index contributed by atoms with van der Waals surface area (Å²) < 4.78 is 19.5. The number of nitro groups is 1. The Morgan fingerprint density at radius 1 is 1.15 bits per heavy atom. The van der Waals surface area contributed by atoms with Gasteiger partial charge in [-0.05, 0) is 60.4 Å². The first kappa shape index (κ1) is 22.3. The van der Waals surface area contributed by atoms with E-state index >= 15 is 0 Å². The molecule has 2 aliphatic heterocycles. The standard InChI is InChI=1S/C24H25ClN4O5/c1-24(15-28-14-22(29(30)31)26-23(28)34-24)16-32-19-8-4-18(5-9-19)27-12-10-21(11-13-27)33-20-6-2-17(25)3-7-20/h2-9,14,21H,10-13,15-16H2,1H3. The van der Waals surface area contributed by atoms with Crippen molar-refractivity contribution in [1.29, 1.82) is 0 Å². The zero-order chi connectivity index (χ0) is 23.7. The Morgan fingerprint density at radius 2 is 1.82 bits per heavy atom. The van der Waals surface area contributed by atoms with E-state index in [0.29, 0.717) is 18.2 Å². The summed E-state index contributed by atoms with van der Waals surface area (Å²) in [5.41, 5.74) is 0.510. The van der Waals surface area contributed by atoms with Crippen LogP contribution in [-0.4, -0.2) is 45.9 Å². The molecule has 2 aliphatic rings. The number of imidazole rings is 1. The molecule has 178 valence electrons. The van der Waals surface area contributed by atoms with Crippen molar-refractivity contribution >= 4 is 23.1 Å². The summed E-state index contributed by atoms with van der Waals surface area (Å²) in [5.74, 6) is 1.38. The number of ether oxygens (including phenoxy) is 3. The zero-order valence-corrected chi connectivity index (χ0v) is 19.5. The molecule has 3 heterocycles. The van der Waals surface area contributed by atoms with Gasteiger partial charge in [-0.25, -0.2) is 0 Å². The van der Waals surface area contributed by atoms with Crippen LogP contribution < -0.4 is 19.1 Å². The third-order valence-corrected chi connectivity index (χ3v) is 6.31. The number of hydrogen-bond acceptors (Lipinski definition) is 7. The highest BCUT2D eigenvalue weighted by atomic mass is 35.5. The van der Waals surface area contributed by atoms with Crippen LogP contribution in [0.1, 0.15) is 19.8 Å². The average Bonchev–Trinajstić information content (AvgIpc) is 3.36. The van der Waals surface area contributed by atoms with Gasteiger partial charge in [-0.2, -0.15) is 0 Å². The number of halogens is 1. The van der Waals surface area contributed by atoms with Crippen molar-refractivity contribution in [3.63, 3.8) is 0 Å². The van der Waals surface area contributed by atoms with Gasteiger partial charge in [0.15, 0.2) is 5.60 Å². The number of aromatic nitrogens is 2. The minimum Gasteiger partial charge on any atom is -0.490 e. The van der Waals surface area contributed by atoms with Crippen LogP contribution >= 0.6 is 11.6 Å². The maximum absolute atomic E-state index is 10.9. The first-order valence-electron chi connectivity index (χ1n) is 11.2. The van der Waals surface area contributed by atoms with Gasteiger partial charge < -0.3 is 29.2 Å². The molecular formula is C24H25ClN4O5. The second kappa shape index (κ2) is 9.06. The topological polar surface area (TPSA) is 91.9 Å². The van der Waals surface area contributed by atoms with Gasteiger partial charge >= 0.3 is 11.8 Å². The van der Waals surface area contributed by atoms with E-state index in [-0.39, 0.29) is 17.9 Å². The largest absolute Gasteiger partial charge is 0.490 e. The Bertz CT molecular complexity index is 1130. The number of anilines is 1. The van der Waals surface area contributed by atoms with Gasteiger partial charge in [-0.15, -0.1) is 0 Å². The molecule has 1 unspecified atom stereocenters. The lowest BCUT2D eigenvalue weighted by Gasteiger charge is -2.33. The van der Waals surface area contributed by atoms with Crippen molar-refractivity contribution in [3.8, 4) is 17.5 Å². The molecule has 5 rings (SSSR count). The molecule has 9 nitrogen and oxygen atoms in total.